The Morgan fingerprint density at radius 3 is 2.54 bits per heavy atom. The Morgan fingerprint density at radius 2 is 1.85 bits per heavy atom. The van der Waals surface area contributed by atoms with Crippen molar-refractivity contribution in [1.82, 2.24) is 5.32 Å². The summed E-state index contributed by atoms with van der Waals surface area (Å²) < 4.78 is 14.1. The highest BCUT2D eigenvalue weighted by molar-refractivity contribution is 8.00. The lowest BCUT2D eigenvalue weighted by molar-refractivity contribution is -0.121. The van der Waals surface area contributed by atoms with Gasteiger partial charge >= 0.3 is 0 Å². The third-order valence-electron chi connectivity index (χ3n) is 4.71. The van der Waals surface area contributed by atoms with E-state index in [2.05, 4.69) is 5.32 Å². The van der Waals surface area contributed by atoms with Gasteiger partial charge in [0.25, 0.3) is 0 Å². The van der Waals surface area contributed by atoms with Crippen molar-refractivity contribution in [2.24, 2.45) is 11.7 Å². The molecule has 140 valence electrons. The molecule has 1 fully saturated rings. The van der Waals surface area contributed by atoms with Gasteiger partial charge in [-0.1, -0.05) is 48.9 Å². The molecule has 2 aromatic rings. The average molecular weight is 395 g/mol. The molecule has 0 aliphatic heterocycles. The van der Waals surface area contributed by atoms with Gasteiger partial charge in [0.15, 0.2) is 0 Å². The summed E-state index contributed by atoms with van der Waals surface area (Å²) in [5.74, 6) is -0.0504. The van der Waals surface area contributed by atoms with E-state index in [-0.39, 0.29) is 30.2 Å². The Labute approximate surface area is 164 Å². The molecule has 0 spiro atoms. The van der Waals surface area contributed by atoms with E-state index in [4.69, 9.17) is 5.73 Å². The van der Waals surface area contributed by atoms with Gasteiger partial charge in [0.2, 0.25) is 5.91 Å². The van der Waals surface area contributed by atoms with Crippen LogP contribution in [0.15, 0.2) is 59.5 Å². The fourth-order valence-electron chi connectivity index (χ4n) is 3.34. The van der Waals surface area contributed by atoms with Crippen molar-refractivity contribution in [2.75, 3.05) is 6.54 Å². The first-order chi connectivity index (χ1) is 12.2. The molecule has 3 nitrogen and oxygen atoms in total. The van der Waals surface area contributed by atoms with Crippen LogP contribution in [0.1, 0.15) is 30.1 Å². The van der Waals surface area contributed by atoms with Gasteiger partial charge in [-0.15, -0.1) is 24.2 Å². The lowest BCUT2D eigenvalue weighted by Gasteiger charge is -2.23. The third-order valence-corrected chi connectivity index (χ3v) is 6.02. The summed E-state index contributed by atoms with van der Waals surface area (Å²) >= 11 is 1.25. The van der Waals surface area contributed by atoms with E-state index in [1.807, 2.05) is 30.3 Å². The maximum absolute atomic E-state index is 14.1. The Balaban J connectivity index is 0.00000243. The summed E-state index contributed by atoms with van der Waals surface area (Å²) in [5.41, 5.74) is 6.70. The van der Waals surface area contributed by atoms with Gasteiger partial charge < -0.3 is 11.1 Å². The fraction of sp³-hybridized carbons (Fsp3) is 0.350. The summed E-state index contributed by atoms with van der Waals surface area (Å²) in [4.78, 5) is 13.5. The molecule has 0 radical (unpaired) electrons. The van der Waals surface area contributed by atoms with Crippen molar-refractivity contribution < 1.29 is 9.18 Å². The number of nitrogens with one attached hydrogen (secondary N) is 1. The molecular weight excluding hydrogens is 371 g/mol. The van der Waals surface area contributed by atoms with Crippen LogP contribution in [-0.4, -0.2) is 18.5 Å². The highest BCUT2D eigenvalue weighted by Crippen LogP contribution is 2.37. The van der Waals surface area contributed by atoms with Crippen molar-refractivity contribution in [3.05, 3.63) is 66.0 Å². The van der Waals surface area contributed by atoms with Crippen LogP contribution in [0.5, 0.6) is 0 Å². The molecule has 2 aromatic carbocycles. The van der Waals surface area contributed by atoms with Crippen molar-refractivity contribution in [2.45, 2.75) is 35.4 Å². The van der Waals surface area contributed by atoms with Gasteiger partial charge in [0, 0.05) is 10.9 Å². The largest absolute Gasteiger partial charge is 0.352 e. The van der Waals surface area contributed by atoms with E-state index in [0.29, 0.717) is 17.4 Å². The lowest BCUT2D eigenvalue weighted by Crippen LogP contribution is -2.41. The number of carbonyl (C=O) groups excluding carboxylic acids is 1. The Morgan fingerprint density at radius 1 is 1.15 bits per heavy atom. The van der Waals surface area contributed by atoms with Crippen molar-refractivity contribution >= 4 is 30.1 Å². The van der Waals surface area contributed by atoms with Crippen LogP contribution in [-0.2, 0) is 4.79 Å². The van der Waals surface area contributed by atoms with E-state index in [0.717, 1.165) is 24.8 Å². The standard InChI is InChI=1S/C20H23FN2OS.ClH/c21-16-10-4-5-12-18(16)25-19(14-7-2-1-3-8-14)20(24)23-17-11-6-9-15(17)13-22;/h1-5,7-8,10,12,15,17,19H,6,9,11,13,22H2,(H,23,24);1H. The summed E-state index contributed by atoms with van der Waals surface area (Å²) in [6.07, 6.45) is 3.10. The Hall–Kier alpha value is -1.56. The van der Waals surface area contributed by atoms with Crippen LogP contribution >= 0.6 is 24.2 Å². The van der Waals surface area contributed by atoms with Gasteiger partial charge in [-0.25, -0.2) is 4.39 Å². The molecule has 0 aromatic heterocycles. The molecule has 6 heteroatoms. The smallest absolute Gasteiger partial charge is 0.238 e. The van der Waals surface area contributed by atoms with E-state index in [1.165, 1.54) is 17.8 Å². The molecule has 3 rings (SSSR count). The van der Waals surface area contributed by atoms with E-state index in [1.54, 1.807) is 18.2 Å². The number of hydrogen-bond acceptors (Lipinski definition) is 3. The molecule has 26 heavy (non-hydrogen) atoms. The minimum atomic E-state index is -0.489. The molecule has 1 saturated carbocycles. The number of nitrogens with two attached hydrogens (primary N) is 1. The zero-order valence-corrected chi connectivity index (χ0v) is 16.1. The number of benzene rings is 2. The monoisotopic (exact) mass is 394 g/mol. The minimum absolute atomic E-state index is 0. The molecule has 1 amide bonds. The number of amides is 1. The first kappa shape index (κ1) is 20.7. The molecule has 0 heterocycles. The van der Waals surface area contributed by atoms with Crippen molar-refractivity contribution in [3.63, 3.8) is 0 Å². The second-order valence-corrected chi connectivity index (χ2v) is 7.53. The van der Waals surface area contributed by atoms with Gasteiger partial charge in [-0.2, -0.15) is 0 Å². The van der Waals surface area contributed by atoms with Gasteiger partial charge in [-0.05, 0) is 43.0 Å². The molecule has 0 bridgehead atoms. The summed E-state index contributed by atoms with van der Waals surface area (Å²) in [6.45, 7) is 0.585. The number of hydrogen-bond donors (Lipinski definition) is 2. The second kappa shape index (κ2) is 9.95. The number of rotatable bonds is 6. The van der Waals surface area contributed by atoms with Gasteiger partial charge in [0.05, 0.1) is 0 Å². The summed E-state index contributed by atoms with van der Waals surface area (Å²) in [7, 11) is 0. The second-order valence-electron chi connectivity index (χ2n) is 6.38. The first-order valence-electron chi connectivity index (χ1n) is 8.65. The molecule has 1 aliphatic carbocycles. The number of carbonyl (C=O) groups is 1. The van der Waals surface area contributed by atoms with Crippen molar-refractivity contribution in [1.29, 1.82) is 0 Å². The van der Waals surface area contributed by atoms with Crippen LogP contribution in [0.4, 0.5) is 4.39 Å². The summed E-state index contributed by atoms with van der Waals surface area (Å²) in [6, 6.07) is 16.2. The quantitative estimate of drug-likeness (QED) is 0.717. The molecule has 3 unspecified atom stereocenters. The molecule has 3 atom stereocenters. The van der Waals surface area contributed by atoms with Crippen LogP contribution in [0.25, 0.3) is 0 Å². The van der Waals surface area contributed by atoms with Gasteiger partial charge in [-0.3, -0.25) is 4.79 Å². The highest BCUT2D eigenvalue weighted by atomic mass is 35.5. The minimum Gasteiger partial charge on any atom is -0.352 e. The normalized spacial score (nSPS) is 20.2. The molecule has 0 saturated heterocycles. The topological polar surface area (TPSA) is 55.1 Å². The van der Waals surface area contributed by atoms with Crippen LogP contribution in [0.3, 0.4) is 0 Å². The van der Waals surface area contributed by atoms with E-state index in [9.17, 15) is 9.18 Å². The Kier molecular flexibility index (Phi) is 7.94. The van der Waals surface area contributed by atoms with E-state index >= 15 is 0 Å². The lowest BCUT2D eigenvalue weighted by atomic mass is 10.0. The predicted molar refractivity (Wildman–Crippen MR) is 107 cm³/mol. The summed E-state index contributed by atoms with van der Waals surface area (Å²) in [5, 5.41) is 2.67. The number of halogens is 2. The zero-order valence-electron chi connectivity index (χ0n) is 14.4. The van der Waals surface area contributed by atoms with Gasteiger partial charge in [0.1, 0.15) is 11.1 Å². The number of thioether (sulfide) groups is 1. The van der Waals surface area contributed by atoms with Crippen LogP contribution in [0, 0.1) is 11.7 Å². The highest BCUT2D eigenvalue weighted by Gasteiger charge is 2.31. The maximum Gasteiger partial charge on any atom is 0.238 e. The molecule has 3 N–H and O–H groups in total. The predicted octanol–water partition coefficient (Wildman–Crippen LogP) is 4.32. The maximum atomic E-state index is 14.1. The van der Waals surface area contributed by atoms with E-state index < -0.39 is 5.25 Å². The van der Waals surface area contributed by atoms with Crippen LogP contribution in [0.2, 0.25) is 0 Å². The average Bonchev–Trinajstić information content (AvgIpc) is 3.08. The zero-order chi connectivity index (χ0) is 17.6. The van der Waals surface area contributed by atoms with Crippen LogP contribution < -0.4 is 11.1 Å². The first-order valence-corrected chi connectivity index (χ1v) is 9.53. The SMILES string of the molecule is Cl.NCC1CCCC1NC(=O)C(Sc1ccccc1F)c1ccccc1. The fourth-order valence-corrected chi connectivity index (χ4v) is 4.40. The molecule has 1 aliphatic rings. The van der Waals surface area contributed by atoms with Crippen molar-refractivity contribution in [3.8, 4) is 0 Å². The molecular formula is C20H24ClFN2OS. The third kappa shape index (κ3) is 5.00. The Bertz CT molecular complexity index is 716.